The van der Waals surface area contributed by atoms with E-state index in [-0.39, 0.29) is 11.9 Å². The van der Waals surface area contributed by atoms with E-state index < -0.39 is 0 Å². The van der Waals surface area contributed by atoms with Crippen LogP contribution in [0.4, 0.5) is 5.69 Å². The van der Waals surface area contributed by atoms with Gasteiger partial charge in [-0.15, -0.1) is 0 Å². The first-order valence-electron chi connectivity index (χ1n) is 7.14. The van der Waals surface area contributed by atoms with E-state index in [2.05, 4.69) is 16.7 Å². The molecule has 0 aliphatic carbocycles. The van der Waals surface area contributed by atoms with Crippen LogP contribution in [0.25, 0.3) is 0 Å². The van der Waals surface area contributed by atoms with Gasteiger partial charge in [0.15, 0.2) is 0 Å². The highest BCUT2D eigenvalue weighted by molar-refractivity contribution is 5.93. The standard InChI is InChI=1S/C15H21N3O/c16-13(9-12-2-1-7-17-12)10-3-5-14-11(8-10)4-6-15(19)18-14/h3,5,8,12-13,17H,1-2,4,6-7,9,16H2,(H,18,19). The molecule has 1 amide bonds. The van der Waals surface area contributed by atoms with Crippen molar-refractivity contribution in [3.63, 3.8) is 0 Å². The third-order valence-corrected chi connectivity index (χ3v) is 4.15. The van der Waals surface area contributed by atoms with Crippen LogP contribution in [0, 0.1) is 0 Å². The lowest BCUT2D eigenvalue weighted by molar-refractivity contribution is -0.116. The Hall–Kier alpha value is -1.39. The molecule has 2 aliphatic heterocycles. The molecule has 2 aliphatic rings. The normalized spacial score (nSPS) is 23.8. The lowest BCUT2D eigenvalue weighted by Gasteiger charge is -2.21. The van der Waals surface area contributed by atoms with E-state index in [1.807, 2.05) is 12.1 Å². The summed E-state index contributed by atoms with van der Waals surface area (Å²) in [6, 6.07) is 6.84. The van der Waals surface area contributed by atoms with Gasteiger partial charge in [0, 0.05) is 24.2 Å². The van der Waals surface area contributed by atoms with Gasteiger partial charge in [0.05, 0.1) is 0 Å². The van der Waals surface area contributed by atoms with Crippen LogP contribution in [0.15, 0.2) is 18.2 Å². The summed E-state index contributed by atoms with van der Waals surface area (Å²) in [4.78, 5) is 11.3. The molecule has 0 saturated carbocycles. The molecule has 102 valence electrons. The second kappa shape index (κ2) is 5.31. The van der Waals surface area contributed by atoms with E-state index >= 15 is 0 Å². The van der Waals surface area contributed by atoms with Gasteiger partial charge in [0.1, 0.15) is 0 Å². The molecule has 3 rings (SSSR count). The second-order valence-corrected chi connectivity index (χ2v) is 5.60. The summed E-state index contributed by atoms with van der Waals surface area (Å²) >= 11 is 0. The fourth-order valence-electron chi connectivity index (χ4n) is 3.03. The van der Waals surface area contributed by atoms with Crippen molar-refractivity contribution in [1.29, 1.82) is 0 Å². The third kappa shape index (κ3) is 2.80. The van der Waals surface area contributed by atoms with Gasteiger partial charge in [-0.2, -0.15) is 0 Å². The number of rotatable bonds is 3. The molecule has 4 N–H and O–H groups in total. The Labute approximate surface area is 113 Å². The Balaban J connectivity index is 1.72. The van der Waals surface area contributed by atoms with Crippen LogP contribution in [0.2, 0.25) is 0 Å². The molecule has 1 fully saturated rings. The monoisotopic (exact) mass is 259 g/mol. The molecule has 0 radical (unpaired) electrons. The van der Waals surface area contributed by atoms with Crippen molar-refractivity contribution in [1.82, 2.24) is 5.32 Å². The minimum atomic E-state index is 0.0820. The number of aryl methyl sites for hydroxylation is 1. The molecule has 0 spiro atoms. The van der Waals surface area contributed by atoms with Crippen molar-refractivity contribution in [2.45, 2.75) is 44.2 Å². The molecular formula is C15H21N3O. The fourth-order valence-corrected chi connectivity index (χ4v) is 3.03. The molecule has 4 heteroatoms. The number of anilines is 1. The van der Waals surface area contributed by atoms with Crippen molar-refractivity contribution >= 4 is 11.6 Å². The van der Waals surface area contributed by atoms with E-state index in [0.29, 0.717) is 12.5 Å². The molecule has 1 aromatic rings. The van der Waals surface area contributed by atoms with Crippen molar-refractivity contribution in [2.24, 2.45) is 5.73 Å². The zero-order chi connectivity index (χ0) is 13.2. The Bertz CT molecular complexity index is 480. The third-order valence-electron chi connectivity index (χ3n) is 4.15. The number of hydrogen-bond acceptors (Lipinski definition) is 3. The molecule has 1 saturated heterocycles. The van der Waals surface area contributed by atoms with E-state index in [9.17, 15) is 4.79 Å². The lowest BCUT2D eigenvalue weighted by Crippen LogP contribution is -2.27. The predicted octanol–water partition coefficient (Wildman–Crippen LogP) is 1.71. The van der Waals surface area contributed by atoms with Gasteiger partial charge in [-0.05, 0) is 49.4 Å². The maximum absolute atomic E-state index is 11.3. The predicted molar refractivity (Wildman–Crippen MR) is 76.0 cm³/mol. The van der Waals surface area contributed by atoms with Gasteiger partial charge < -0.3 is 16.4 Å². The van der Waals surface area contributed by atoms with Crippen LogP contribution in [-0.4, -0.2) is 18.5 Å². The molecule has 1 aromatic carbocycles. The van der Waals surface area contributed by atoms with E-state index in [1.165, 1.54) is 24.0 Å². The number of fused-ring (bicyclic) bond motifs is 1. The first-order valence-corrected chi connectivity index (χ1v) is 7.14. The number of carbonyl (C=O) groups excluding carboxylic acids is 1. The van der Waals surface area contributed by atoms with Gasteiger partial charge in [-0.25, -0.2) is 0 Å². The Morgan fingerprint density at radius 3 is 3.05 bits per heavy atom. The minimum absolute atomic E-state index is 0.0820. The maximum Gasteiger partial charge on any atom is 0.224 e. The summed E-state index contributed by atoms with van der Waals surface area (Å²) in [5.41, 5.74) is 9.66. The van der Waals surface area contributed by atoms with Crippen molar-refractivity contribution < 1.29 is 4.79 Å². The van der Waals surface area contributed by atoms with E-state index in [0.717, 1.165) is 25.1 Å². The average molecular weight is 259 g/mol. The smallest absolute Gasteiger partial charge is 0.224 e. The second-order valence-electron chi connectivity index (χ2n) is 5.60. The summed E-state index contributed by atoms with van der Waals surface area (Å²) < 4.78 is 0. The minimum Gasteiger partial charge on any atom is -0.326 e. The van der Waals surface area contributed by atoms with Crippen LogP contribution in [0.1, 0.15) is 42.9 Å². The van der Waals surface area contributed by atoms with Crippen LogP contribution in [0.5, 0.6) is 0 Å². The zero-order valence-corrected chi connectivity index (χ0v) is 11.1. The molecule has 2 atom stereocenters. The summed E-state index contributed by atoms with van der Waals surface area (Å²) in [5.74, 6) is 0.111. The summed E-state index contributed by atoms with van der Waals surface area (Å²) in [6.45, 7) is 1.12. The summed E-state index contributed by atoms with van der Waals surface area (Å²) in [5, 5.41) is 6.40. The Morgan fingerprint density at radius 1 is 1.37 bits per heavy atom. The average Bonchev–Trinajstić information content (AvgIpc) is 2.91. The van der Waals surface area contributed by atoms with Crippen LogP contribution in [-0.2, 0) is 11.2 Å². The molecular weight excluding hydrogens is 238 g/mol. The maximum atomic E-state index is 11.3. The van der Waals surface area contributed by atoms with Gasteiger partial charge in [0.25, 0.3) is 0 Å². The van der Waals surface area contributed by atoms with E-state index in [4.69, 9.17) is 5.73 Å². The van der Waals surface area contributed by atoms with Gasteiger partial charge in [0.2, 0.25) is 5.91 Å². The first-order chi connectivity index (χ1) is 9.22. The Morgan fingerprint density at radius 2 is 2.26 bits per heavy atom. The lowest BCUT2D eigenvalue weighted by atomic mass is 9.94. The summed E-state index contributed by atoms with van der Waals surface area (Å²) in [6.07, 6.45) is 4.88. The van der Waals surface area contributed by atoms with Crippen molar-refractivity contribution in [3.8, 4) is 0 Å². The quantitative estimate of drug-likeness (QED) is 0.774. The van der Waals surface area contributed by atoms with Gasteiger partial charge in [-0.3, -0.25) is 4.79 Å². The van der Waals surface area contributed by atoms with Gasteiger partial charge in [-0.1, -0.05) is 12.1 Å². The highest BCUT2D eigenvalue weighted by atomic mass is 16.1. The molecule has 2 heterocycles. The molecule has 0 aromatic heterocycles. The number of benzene rings is 1. The highest BCUT2D eigenvalue weighted by Gasteiger charge is 2.20. The van der Waals surface area contributed by atoms with Crippen LogP contribution >= 0.6 is 0 Å². The number of nitrogens with two attached hydrogens (primary N) is 1. The highest BCUT2D eigenvalue weighted by Crippen LogP contribution is 2.27. The SMILES string of the molecule is NC(CC1CCCN1)c1ccc2c(c1)CCC(=O)N2. The van der Waals surface area contributed by atoms with Crippen LogP contribution < -0.4 is 16.4 Å². The zero-order valence-electron chi connectivity index (χ0n) is 11.1. The van der Waals surface area contributed by atoms with Crippen molar-refractivity contribution in [2.75, 3.05) is 11.9 Å². The largest absolute Gasteiger partial charge is 0.326 e. The fraction of sp³-hybridized carbons (Fsp3) is 0.533. The molecule has 2 unspecified atom stereocenters. The molecule has 19 heavy (non-hydrogen) atoms. The number of carbonyl (C=O) groups is 1. The number of amides is 1. The number of hydrogen-bond donors (Lipinski definition) is 3. The first kappa shape index (κ1) is 12.6. The molecule has 4 nitrogen and oxygen atoms in total. The summed E-state index contributed by atoms with van der Waals surface area (Å²) in [7, 11) is 0. The molecule has 0 bridgehead atoms. The van der Waals surface area contributed by atoms with Crippen LogP contribution in [0.3, 0.4) is 0 Å². The van der Waals surface area contributed by atoms with Gasteiger partial charge >= 0.3 is 0 Å². The Kier molecular flexibility index (Phi) is 3.53. The topological polar surface area (TPSA) is 67.1 Å². The number of nitrogens with one attached hydrogen (secondary N) is 2. The van der Waals surface area contributed by atoms with E-state index in [1.54, 1.807) is 0 Å². The van der Waals surface area contributed by atoms with Crippen molar-refractivity contribution in [3.05, 3.63) is 29.3 Å².